The van der Waals surface area contributed by atoms with Crippen LogP contribution in [-0.4, -0.2) is 23.3 Å². The molecule has 0 spiro atoms. The Morgan fingerprint density at radius 2 is 1.95 bits per heavy atom. The highest BCUT2D eigenvalue weighted by atomic mass is 19.1. The summed E-state index contributed by atoms with van der Waals surface area (Å²) in [6.45, 7) is 7.62. The predicted octanol–water partition coefficient (Wildman–Crippen LogP) is 3.43. The lowest BCUT2D eigenvalue weighted by molar-refractivity contribution is 0.418. The van der Waals surface area contributed by atoms with Crippen LogP contribution in [0.25, 0.3) is 0 Å². The molecule has 1 atom stereocenters. The van der Waals surface area contributed by atoms with Crippen LogP contribution in [0.5, 0.6) is 0 Å². The van der Waals surface area contributed by atoms with Crippen molar-refractivity contribution in [1.82, 2.24) is 15.5 Å². The minimum Gasteiger partial charge on any atom is -0.406 e. The third-order valence-corrected chi connectivity index (χ3v) is 3.19. The molecular formula is C15H21FN4O. The first kappa shape index (κ1) is 15.4. The minimum atomic E-state index is -0.265. The van der Waals surface area contributed by atoms with Crippen LogP contribution in [-0.2, 0) is 0 Å². The molecule has 0 fully saturated rings. The Kier molecular flexibility index (Phi) is 5.27. The van der Waals surface area contributed by atoms with E-state index >= 15 is 0 Å². The summed E-state index contributed by atoms with van der Waals surface area (Å²) in [6.07, 6.45) is 1.04. The van der Waals surface area contributed by atoms with E-state index in [1.54, 1.807) is 12.1 Å². The van der Waals surface area contributed by atoms with Gasteiger partial charge in [0, 0.05) is 12.2 Å². The van der Waals surface area contributed by atoms with Crippen molar-refractivity contribution in [3.63, 3.8) is 0 Å². The molecule has 0 aliphatic heterocycles. The molecule has 5 nitrogen and oxygen atoms in total. The van der Waals surface area contributed by atoms with Gasteiger partial charge in [0.2, 0.25) is 5.89 Å². The Labute approximate surface area is 124 Å². The SMILES string of the molecule is CCCNC(C)c1nnc(N(CC)c2ccc(F)cc2)o1. The average molecular weight is 292 g/mol. The predicted molar refractivity (Wildman–Crippen MR) is 80.1 cm³/mol. The van der Waals surface area contributed by atoms with E-state index in [-0.39, 0.29) is 11.9 Å². The lowest BCUT2D eigenvalue weighted by atomic mass is 10.3. The molecule has 1 aromatic heterocycles. The molecule has 2 aromatic rings. The first-order chi connectivity index (χ1) is 10.2. The maximum Gasteiger partial charge on any atom is 0.322 e. The number of benzene rings is 1. The quantitative estimate of drug-likeness (QED) is 0.847. The molecule has 0 saturated carbocycles. The van der Waals surface area contributed by atoms with Gasteiger partial charge in [-0.05, 0) is 51.1 Å². The van der Waals surface area contributed by atoms with Gasteiger partial charge in [0.05, 0.1) is 6.04 Å². The molecule has 0 aliphatic carbocycles. The Balaban J connectivity index is 2.16. The Morgan fingerprint density at radius 3 is 2.57 bits per heavy atom. The van der Waals surface area contributed by atoms with Crippen molar-refractivity contribution in [1.29, 1.82) is 0 Å². The third-order valence-electron chi connectivity index (χ3n) is 3.19. The van der Waals surface area contributed by atoms with Gasteiger partial charge in [-0.2, -0.15) is 0 Å². The van der Waals surface area contributed by atoms with Crippen LogP contribution < -0.4 is 10.2 Å². The van der Waals surface area contributed by atoms with Crippen molar-refractivity contribution in [2.75, 3.05) is 18.0 Å². The van der Waals surface area contributed by atoms with E-state index in [0.29, 0.717) is 18.5 Å². The fourth-order valence-electron chi connectivity index (χ4n) is 2.01. The van der Waals surface area contributed by atoms with Crippen LogP contribution in [0.4, 0.5) is 16.1 Å². The van der Waals surface area contributed by atoms with Gasteiger partial charge in [0.25, 0.3) is 0 Å². The molecule has 6 heteroatoms. The lowest BCUT2D eigenvalue weighted by Crippen LogP contribution is -2.19. The first-order valence-corrected chi connectivity index (χ1v) is 7.25. The van der Waals surface area contributed by atoms with E-state index in [0.717, 1.165) is 18.7 Å². The number of halogens is 1. The summed E-state index contributed by atoms with van der Waals surface area (Å²) in [5.41, 5.74) is 0.822. The van der Waals surface area contributed by atoms with Crippen molar-refractivity contribution in [3.8, 4) is 0 Å². The summed E-state index contributed by atoms with van der Waals surface area (Å²) in [7, 11) is 0. The second-order valence-electron chi connectivity index (χ2n) is 4.82. The summed E-state index contributed by atoms with van der Waals surface area (Å²) >= 11 is 0. The van der Waals surface area contributed by atoms with E-state index in [1.165, 1.54) is 12.1 Å². The van der Waals surface area contributed by atoms with Crippen molar-refractivity contribution in [2.45, 2.75) is 33.2 Å². The maximum atomic E-state index is 13.0. The van der Waals surface area contributed by atoms with Crippen LogP contribution in [0.3, 0.4) is 0 Å². The molecule has 0 bridgehead atoms. The number of anilines is 2. The van der Waals surface area contributed by atoms with E-state index in [1.807, 2.05) is 18.7 Å². The standard InChI is InChI=1S/C15H21FN4O/c1-4-10-17-11(3)14-18-19-15(21-14)20(5-2)13-8-6-12(16)7-9-13/h6-9,11,17H,4-5,10H2,1-3H3. The number of nitrogens with zero attached hydrogens (tertiary/aromatic N) is 3. The summed E-state index contributed by atoms with van der Waals surface area (Å²) < 4.78 is 18.7. The molecule has 1 unspecified atom stereocenters. The van der Waals surface area contributed by atoms with Gasteiger partial charge in [-0.15, -0.1) is 5.10 Å². The number of aromatic nitrogens is 2. The highest BCUT2D eigenvalue weighted by Crippen LogP contribution is 2.25. The molecule has 1 heterocycles. The largest absolute Gasteiger partial charge is 0.406 e. The summed E-state index contributed by atoms with van der Waals surface area (Å²) in [5.74, 6) is 0.289. The van der Waals surface area contributed by atoms with Crippen molar-refractivity contribution in [2.24, 2.45) is 0 Å². The smallest absolute Gasteiger partial charge is 0.322 e. The van der Waals surface area contributed by atoms with Gasteiger partial charge in [-0.3, -0.25) is 4.90 Å². The van der Waals surface area contributed by atoms with Crippen molar-refractivity contribution in [3.05, 3.63) is 36.0 Å². The van der Waals surface area contributed by atoms with E-state index in [9.17, 15) is 4.39 Å². The minimum absolute atomic E-state index is 0.0122. The van der Waals surface area contributed by atoms with E-state index < -0.39 is 0 Å². The average Bonchev–Trinajstić information content (AvgIpc) is 2.97. The lowest BCUT2D eigenvalue weighted by Gasteiger charge is -2.18. The molecule has 21 heavy (non-hydrogen) atoms. The normalized spacial score (nSPS) is 12.4. The van der Waals surface area contributed by atoms with Gasteiger partial charge in [-0.1, -0.05) is 12.0 Å². The third kappa shape index (κ3) is 3.78. The number of rotatable bonds is 7. The Bertz CT molecular complexity index is 555. The zero-order valence-corrected chi connectivity index (χ0v) is 12.6. The molecule has 0 amide bonds. The van der Waals surface area contributed by atoms with Gasteiger partial charge in [0.1, 0.15) is 5.82 Å². The Hall–Kier alpha value is -1.95. The topological polar surface area (TPSA) is 54.2 Å². The fourth-order valence-corrected chi connectivity index (χ4v) is 2.01. The number of hydrogen-bond donors (Lipinski definition) is 1. The molecule has 1 N–H and O–H groups in total. The van der Waals surface area contributed by atoms with Crippen molar-refractivity contribution < 1.29 is 8.81 Å². The fraction of sp³-hybridized carbons (Fsp3) is 0.467. The maximum absolute atomic E-state index is 13.0. The molecule has 0 radical (unpaired) electrons. The van der Waals surface area contributed by atoms with Crippen LogP contribution in [0, 0.1) is 5.82 Å². The number of hydrogen-bond acceptors (Lipinski definition) is 5. The van der Waals surface area contributed by atoms with Crippen LogP contribution >= 0.6 is 0 Å². The molecular weight excluding hydrogens is 271 g/mol. The van der Waals surface area contributed by atoms with Crippen molar-refractivity contribution >= 4 is 11.7 Å². The zero-order chi connectivity index (χ0) is 15.2. The molecule has 2 rings (SSSR count). The highest BCUT2D eigenvalue weighted by molar-refractivity contribution is 5.55. The highest BCUT2D eigenvalue weighted by Gasteiger charge is 2.18. The zero-order valence-electron chi connectivity index (χ0n) is 12.6. The van der Waals surface area contributed by atoms with Gasteiger partial charge < -0.3 is 9.73 Å². The first-order valence-electron chi connectivity index (χ1n) is 7.25. The van der Waals surface area contributed by atoms with Crippen LogP contribution in [0.1, 0.15) is 39.1 Å². The summed E-state index contributed by atoms with van der Waals surface area (Å²) in [6, 6.07) is 6.66. The Morgan fingerprint density at radius 1 is 1.24 bits per heavy atom. The van der Waals surface area contributed by atoms with Gasteiger partial charge >= 0.3 is 6.01 Å². The second-order valence-corrected chi connectivity index (χ2v) is 4.82. The summed E-state index contributed by atoms with van der Waals surface area (Å²) in [5, 5.41) is 11.5. The molecule has 0 saturated heterocycles. The van der Waals surface area contributed by atoms with Crippen LogP contribution in [0.2, 0.25) is 0 Å². The van der Waals surface area contributed by atoms with Gasteiger partial charge in [-0.25, -0.2) is 4.39 Å². The number of nitrogens with one attached hydrogen (secondary N) is 1. The second kappa shape index (κ2) is 7.17. The van der Waals surface area contributed by atoms with Gasteiger partial charge in [0.15, 0.2) is 0 Å². The monoisotopic (exact) mass is 292 g/mol. The molecule has 114 valence electrons. The van der Waals surface area contributed by atoms with E-state index in [2.05, 4.69) is 22.4 Å². The summed E-state index contributed by atoms with van der Waals surface area (Å²) in [4.78, 5) is 1.85. The van der Waals surface area contributed by atoms with Crippen LogP contribution in [0.15, 0.2) is 28.7 Å². The molecule has 1 aromatic carbocycles. The van der Waals surface area contributed by atoms with E-state index in [4.69, 9.17) is 4.42 Å². The molecule has 0 aliphatic rings.